The highest BCUT2D eigenvalue weighted by Crippen LogP contribution is 2.22. The standard InChI is InChI=1S/C14H19N3O2/c1-2-9-18-10-13-16-14(19-17-13)12-6-4-3-5-11(12)7-8-15/h3-6H,2,7-10,15H2,1H3. The van der Waals surface area contributed by atoms with Crippen LogP contribution in [0.2, 0.25) is 0 Å². The lowest BCUT2D eigenvalue weighted by molar-refractivity contribution is 0.114. The molecule has 0 saturated carbocycles. The van der Waals surface area contributed by atoms with Crippen LogP contribution in [-0.2, 0) is 17.8 Å². The number of nitrogens with two attached hydrogens (primary N) is 1. The minimum absolute atomic E-state index is 0.385. The van der Waals surface area contributed by atoms with E-state index in [4.69, 9.17) is 15.0 Å². The van der Waals surface area contributed by atoms with Crippen molar-refractivity contribution in [2.45, 2.75) is 26.4 Å². The number of hydrogen-bond acceptors (Lipinski definition) is 5. The van der Waals surface area contributed by atoms with Crippen LogP contribution in [-0.4, -0.2) is 23.3 Å². The first-order chi connectivity index (χ1) is 9.35. The summed E-state index contributed by atoms with van der Waals surface area (Å²) in [6.07, 6.45) is 1.77. The molecule has 0 spiro atoms. The Morgan fingerprint density at radius 2 is 2.16 bits per heavy atom. The van der Waals surface area contributed by atoms with Gasteiger partial charge < -0.3 is 15.0 Å². The summed E-state index contributed by atoms with van der Waals surface area (Å²) >= 11 is 0. The molecule has 0 aliphatic rings. The maximum absolute atomic E-state index is 5.61. The molecule has 2 N–H and O–H groups in total. The lowest BCUT2D eigenvalue weighted by atomic mass is 10.0. The fraction of sp³-hybridized carbons (Fsp3) is 0.429. The van der Waals surface area contributed by atoms with Crippen molar-refractivity contribution < 1.29 is 9.26 Å². The first-order valence-corrected chi connectivity index (χ1v) is 6.53. The Kier molecular flexibility index (Phi) is 5.06. The molecule has 5 nitrogen and oxygen atoms in total. The number of benzene rings is 1. The van der Waals surface area contributed by atoms with Gasteiger partial charge in [0, 0.05) is 12.2 Å². The minimum atomic E-state index is 0.385. The SMILES string of the molecule is CCCOCc1noc(-c2ccccc2CCN)n1. The van der Waals surface area contributed by atoms with Gasteiger partial charge in [-0.25, -0.2) is 0 Å². The van der Waals surface area contributed by atoms with Crippen LogP contribution in [0.4, 0.5) is 0 Å². The maximum Gasteiger partial charge on any atom is 0.258 e. The van der Waals surface area contributed by atoms with E-state index in [0.717, 1.165) is 24.0 Å². The Morgan fingerprint density at radius 3 is 2.95 bits per heavy atom. The Morgan fingerprint density at radius 1 is 1.32 bits per heavy atom. The van der Waals surface area contributed by atoms with Crippen LogP contribution in [0.15, 0.2) is 28.8 Å². The van der Waals surface area contributed by atoms with Gasteiger partial charge >= 0.3 is 0 Å². The fourth-order valence-corrected chi connectivity index (χ4v) is 1.83. The molecule has 0 aliphatic carbocycles. The third kappa shape index (κ3) is 3.62. The van der Waals surface area contributed by atoms with Crippen LogP contribution < -0.4 is 5.73 Å². The van der Waals surface area contributed by atoms with Crippen LogP contribution in [0.5, 0.6) is 0 Å². The lowest BCUT2D eigenvalue weighted by Crippen LogP contribution is -2.03. The third-order valence-corrected chi connectivity index (χ3v) is 2.71. The predicted octanol–water partition coefficient (Wildman–Crippen LogP) is 2.16. The van der Waals surface area contributed by atoms with Crippen LogP contribution in [0.25, 0.3) is 11.5 Å². The molecule has 0 atom stereocenters. The number of aromatic nitrogens is 2. The molecule has 2 rings (SSSR count). The zero-order chi connectivity index (χ0) is 13.5. The van der Waals surface area contributed by atoms with Crippen LogP contribution in [0.1, 0.15) is 24.7 Å². The molecule has 0 bridgehead atoms. The van der Waals surface area contributed by atoms with Gasteiger partial charge in [0.25, 0.3) is 5.89 Å². The molecule has 5 heteroatoms. The molecule has 0 radical (unpaired) electrons. The van der Waals surface area contributed by atoms with Gasteiger partial charge in [-0.3, -0.25) is 0 Å². The van der Waals surface area contributed by atoms with E-state index in [-0.39, 0.29) is 0 Å². The monoisotopic (exact) mass is 261 g/mol. The van der Waals surface area contributed by atoms with Gasteiger partial charge in [0.1, 0.15) is 6.61 Å². The second-order valence-corrected chi connectivity index (χ2v) is 4.26. The van der Waals surface area contributed by atoms with Crippen molar-refractivity contribution in [3.8, 4) is 11.5 Å². The molecular formula is C14H19N3O2. The fourth-order valence-electron chi connectivity index (χ4n) is 1.83. The van der Waals surface area contributed by atoms with Crippen molar-refractivity contribution in [3.05, 3.63) is 35.7 Å². The summed E-state index contributed by atoms with van der Waals surface area (Å²) in [6.45, 7) is 3.74. The molecular weight excluding hydrogens is 242 g/mol. The van der Waals surface area contributed by atoms with Gasteiger partial charge in [-0.15, -0.1) is 0 Å². The van der Waals surface area contributed by atoms with Gasteiger partial charge in [0.15, 0.2) is 5.82 Å². The van der Waals surface area contributed by atoms with Crippen LogP contribution >= 0.6 is 0 Å². The molecule has 1 aromatic heterocycles. The van der Waals surface area contributed by atoms with Crippen molar-refractivity contribution in [1.29, 1.82) is 0 Å². The van der Waals surface area contributed by atoms with Crippen molar-refractivity contribution in [3.63, 3.8) is 0 Å². The molecule has 102 valence electrons. The third-order valence-electron chi connectivity index (χ3n) is 2.71. The van der Waals surface area contributed by atoms with Gasteiger partial charge in [0.05, 0.1) is 0 Å². The number of ether oxygens (including phenoxy) is 1. The van der Waals surface area contributed by atoms with Crippen molar-refractivity contribution >= 4 is 0 Å². The normalized spacial score (nSPS) is 10.8. The van der Waals surface area contributed by atoms with Gasteiger partial charge in [-0.05, 0) is 31.0 Å². The second-order valence-electron chi connectivity index (χ2n) is 4.26. The average molecular weight is 261 g/mol. The molecule has 1 aromatic carbocycles. The smallest absolute Gasteiger partial charge is 0.258 e. The Labute approximate surface area is 112 Å². The summed E-state index contributed by atoms with van der Waals surface area (Å²) in [4.78, 5) is 4.35. The van der Waals surface area contributed by atoms with Crippen molar-refractivity contribution in [2.75, 3.05) is 13.2 Å². The van der Waals surface area contributed by atoms with Crippen molar-refractivity contribution in [1.82, 2.24) is 10.1 Å². The first-order valence-electron chi connectivity index (χ1n) is 6.53. The summed E-state index contributed by atoms with van der Waals surface area (Å²) in [5, 5.41) is 3.92. The van der Waals surface area contributed by atoms with E-state index < -0.39 is 0 Å². The topological polar surface area (TPSA) is 74.2 Å². The lowest BCUT2D eigenvalue weighted by Gasteiger charge is -2.03. The molecule has 0 fully saturated rings. The van der Waals surface area contributed by atoms with E-state index in [1.54, 1.807) is 0 Å². The largest absolute Gasteiger partial charge is 0.373 e. The summed E-state index contributed by atoms with van der Waals surface area (Å²) in [5.74, 6) is 1.10. The Bertz CT molecular complexity index is 511. The second kappa shape index (κ2) is 7.01. The summed E-state index contributed by atoms with van der Waals surface area (Å²) < 4.78 is 10.7. The molecule has 0 amide bonds. The van der Waals surface area contributed by atoms with Crippen LogP contribution in [0.3, 0.4) is 0 Å². The highest BCUT2D eigenvalue weighted by Gasteiger charge is 2.12. The van der Waals surface area contributed by atoms with E-state index in [9.17, 15) is 0 Å². The van der Waals surface area contributed by atoms with E-state index >= 15 is 0 Å². The number of rotatable bonds is 7. The molecule has 0 unspecified atom stereocenters. The minimum Gasteiger partial charge on any atom is -0.373 e. The number of nitrogens with zero attached hydrogens (tertiary/aromatic N) is 2. The average Bonchev–Trinajstić information content (AvgIpc) is 2.89. The zero-order valence-electron chi connectivity index (χ0n) is 11.1. The van der Waals surface area contributed by atoms with E-state index in [1.165, 1.54) is 0 Å². The maximum atomic E-state index is 5.61. The van der Waals surface area contributed by atoms with E-state index in [1.807, 2.05) is 24.3 Å². The highest BCUT2D eigenvalue weighted by molar-refractivity contribution is 5.58. The summed E-state index contributed by atoms with van der Waals surface area (Å²) in [7, 11) is 0. The highest BCUT2D eigenvalue weighted by atomic mass is 16.5. The summed E-state index contributed by atoms with van der Waals surface area (Å²) in [5.41, 5.74) is 7.67. The van der Waals surface area contributed by atoms with E-state index in [0.29, 0.717) is 31.5 Å². The van der Waals surface area contributed by atoms with Gasteiger partial charge in [-0.2, -0.15) is 4.98 Å². The molecule has 19 heavy (non-hydrogen) atoms. The molecule has 0 aliphatic heterocycles. The Hall–Kier alpha value is -1.72. The molecule has 0 saturated heterocycles. The molecule has 2 aromatic rings. The summed E-state index contributed by atoms with van der Waals surface area (Å²) in [6, 6.07) is 7.93. The predicted molar refractivity (Wildman–Crippen MR) is 72.4 cm³/mol. The van der Waals surface area contributed by atoms with Gasteiger partial charge in [-0.1, -0.05) is 30.3 Å². The van der Waals surface area contributed by atoms with Crippen LogP contribution in [0, 0.1) is 0 Å². The van der Waals surface area contributed by atoms with Gasteiger partial charge in [0.2, 0.25) is 0 Å². The van der Waals surface area contributed by atoms with Crippen molar-refractivity contribution in [2.24, 2.45) is 5.73 Å². The zero-order valence-corrected chi connectivity index (χ0v) is 11.1. The first kappa shape index (κ1) is 13.7. The molecule has 1 heterocycles. The van der Waals surface area contributed by atoms with E-state index in [2.05, 4.69) is 17.1 Å². The quantitative estimate of drug-likeness (QED) is 0.773. The Balaban J connectivity index is 2.13. The number of hydrogen-bond donors (Lipinski definition) is 1.